The minimum atomic E-state index is 0.00321. The zero-order valence-electron chi connectivity index (χ0n) is 12.1. The summed E-state index contributed by atoms with van der Waals surface area (Å²) in [6.45, 7) is 4.13. The molecule has 3 rings (SSSR count). The topological polar surface area (TPSA) is 45.0 Å². The van der Waals surface area contributed by atoms with Crippen molar-refractivity contribution in [3.05, 3.63) is 35.4 Å². The van der Waals surface area contributed by atoms with Crippen LogP contribution in [-0.4, -0.2) is 18.7 Å². The number of benzene rings is 1. The Kier molecular flexibility index (Phi) is 3.78. The minimum Gasteiger partial charge on any atom is -0.364 e. The Hall–Kier alpha value is -1.37. The summed E-state index contributed by atoms with van der Waals surface area (Å²) in [6.07, 6.45) is 4.95. The molecule has 3 heteroatoms. The second-order valence-electron chi connectivity index (χ2n) is 6.36. The summed E-state index contributed by atoms with van der Waals surface area (Å²) in [5, 5.41) is 12.6. The van der Waals surface area contributed by atoms with Gasteiger partial charge in [-0.1, -0.05) is 31.9 Å². The summed E-state index contributed by atoms with van der Waals surface area (Å²) in [5.41, 5.74) is 1.83. The molecule has 0 radical (unpaired) electrons. The van der Waals surface area contributed by atoms with Crippen LogP contribution in [-0.2, 0) is 4.74 Å². The highest BCUT2D eigenvalue weighted by Gasteiger charge is 2.40. The van der Waals surface area contributed by atoms with E-state index < -0.39 is 0 Å². The Labute approximate surface area is 120 Å². The van der Waals surface area contributed by atoms with Crippen LogP contribution in [0.1, 0.15) is 49.8 Å². The first-order chi connectivity index (χ1) is 9.71. The lowest BCUT2D eigenvalue weighted by molar-refractivity contribution is -0.143. The molecule has 1 aliphatic heterocycles. The van der Waals surface area contributed by atoms with Gasteiger partial charge >= 0.3 is 0 Å². The predicted molar refractivity (Wildman–Crippen MR) is 78.2 cm³/mol. The number of morpholine rings is 1. The molecule has 0 bridgehead atoms. The Bertz CT molecular complexity index is 518. The normalized spacial score (nSPS) is 33.8. The summed E-state index contributed by atoms with van der Waals surface area (Å²) in [7, 11) is 0. The van der Waals surface area contributed by atoms with Crippen LogP contribution in [0.25, 0.3) is 0 Å². The van der Waals surface area contributed by atoms with E-state index in [0.29, 0.717) is 5.56 Å². The van der Waals surface area contributed by atoms with Crippen molar-refractivity contribution in [2.24, 2.45) is 5.92 Å². The van der Waals surface area contributed by atoms with E-state index in [-0.39, 0.29) is 11.7 Å². The average molecular weight is 270 g/mol. The molecule has 2 aliphatic rings. The minimum absolute atomic E-state index is 0.00321. The molecule has 0 aromatic heterocycles. The van der Waals surface area contributed by atoms with Gasteiger partial charge in [0.1, 0.15) is 0 Å². The van der Waals surface area contributed by atoms with Crippen LogP contribution >= 0.6 is 0 Å². The van der Waals surface area contributed by atoms with Crippen LogP contribution in [0.4, 0.5) is 0 Å². The van der Waals surface area contributed by atoms with Gasteiger partial charge in [-0.05, 0) is 36.5 Å². The van der Waals surface area contributed by atoms with E-state index in [9.17, 15) is 0 Å². The second-order valence-corrected chi connectivity index (χ2v) is 6.36. The molecule has 1 aliphatic carbocycles. The van der Waals surface area contributed by atoms with Crippen LogP contribution < -0.4 is 5.32 Å². The van der Waals surface area contributed by atoms with Crippen LogP contribution in [0.15, 0.2) is 24.3 Å². The fourth-order valence-corrected chi connectivity index (χ4v) is 3.69. The van der Waals surface area contributed by atoms with E-state index in [0.717, 1.165) is 37.4 Å². The maximum atomic E-state index is 9.03. The highest BCUT2D eigenvalue weighted by Crippen LogP contribution is 2.40. The van der Waals surface area contributed by atoms with Crippen molar-refractivity contribution in [1.82, 2.24) is 5.32 Å². The first kappa shape index (κ1) is 13.6. The highest BCUT2D eigenvalue weighted by atomic mass is 16.5. The van der Waals surface area contributed by atoms with E-state index in [2.05, 4.69) is 24.4 Å². The van der Waals surface area contributed by atoms with E-state index >= 15 is 0 Å². The summed E-state index contributed by atoms with van der Waals surface area (Å²) in [6, 6.07) is 10.0. The lowest BCUT2D eigenvalue weighted by atomic mass is 9.77. The number of ether oxygens (including phenoxy) is 1. The third-order valence-corrected chi connectivity index (χ3v) is 4.61. The molecule has 1 spiro atoms. The Morgan fingerprint density at radius 1 is 1.45 bits per heavy atom. The zero-order chi connectivity index (χ0) is 14.0. The van der Waals surface area contributed by atoms with Gasteiger partial charge in [0.05, 0.1) is 23.3 Å². The fraction of sp³-hybridized carbons (Fsp3) is 0.588. The molecule has 2 fully saturated rings. The molecular formula is C17H22N2O. The second kappa shape index (κ2) is 5.55. The van der Waals surface area contributed by atoms with Crippen LogP contribution in [0.2, 0.25) is 0 Å². The van der Waals surface area contributed by atoms with Crippen molar-refractivity contribution in [3.63, 3.8) is 0 Å². The maximum Gasteiger partial charge on any atom is 0.0991 e. The SMILES string of the molecule is CC1CCCC2(CNCC(c3cccc(C#N)c3)O2)C1. The third-order valence-electron chi connectivity index (χ3n) is 4.61. The van der Waals surface area contributed by atoms with Gasteiger partial charge in [-0.3, -0.25) is 0 Å². The van der Waals surface area contributed by atoms with Gasteiger partial charge in [-0.25, -0.2) is 0 Å². The lowest BCUT2D eigenvalue weighted by Crippen LogP contribution is -2.52. The van der Waals surface area contributed by atoms with Gasteiger partial charge in [0.15, 0.2) is 0 Å². The maximum absolute atomic E-state index is 9.03. The van der Waals surface area contributed by atoms with Crippen LogP contribution in [0, 0.1) is 17.2 Å². The highest BCUT2D eigenvalue weighted by molar-refractivity contribution is 5.34. The monoisotopic (exact) mass is 270 g/mol. The van der Waals surface area contributed by atoms with Gasteiger partial charge < -0.3 is 10.1 Å². The molecule has 3 atom stereocenters. The van der Waals surface area contributed by atoms with Crippen LogP contribution in [0.3, 0.4) is 0 Å². The van der Waals surface area contributed by atoms with E-state index in [1.54, 1.807) is 0 Å². The van der Waals surface area contributed by atoms with Gasteiger partial charge in [-0.2, -0.15) is 5.26 Å². The first-order valence-electron chi connectivity index (χ1n) is 7.59. The molecule has 1 N–H and O–H groups in total. The van der Waals surface area contributed by atoms with Crippen molar-refractivity contribution < 1.29 is 4.74 Å². The van der Waals surface area contributed by atoms with Gasteiger partial charge in [0.2, 0.25) is 0 Å². The fourth-order valence-electron chi connectivity index (χ4n) is 3.69. The smallest absolute Gasteiger partial charge is 0.0991 e. The number of nitrogens with one attached hydrogen (secondary N) is 1. The molecule has 20 heavy (non-hydrogen) atoms. The largest absolute Gasteiger partial charge is 0.364 e. The number of hydrogen-bond acceptors (Lipinski definition) is 3. The van der Waals surface area contributed by atoms with Gasteiger partial charge in [-0.15, -0.1) is 0 Å². The first-order valence-corrected chi connectivity index (χ1v) is 7.59. The standard InChI is InChI=1S/C17H22N2O/c1-13-4-3-7-17(9-13)12-19-11-16(20-17)15-6-2-5-14(8-15)10-18/h2,5-6,8,13,16,19H,3-4,7,9,11-12H2,1H3. The molecule has 3 nitrogen and oxygen atoms in total. The van der Waals surface area contributed by atoms with Crippen molar-refractivity contribution in [3.8, 4) is 6.07 Å². The Balaban J connectivity index is 1.79. The lowest BCUT2D eigenvalue weighted by Gasteiger charge is -2.46. The van der Waals surface area contributed by atoms with E-state index in [4.69, 9.17) is 10.00 Å². The third kappa shape index (κ3) is 2.72. The van der Waals surface area contributed by atoms with E-state index in [1.165, 1.54) is 12.8 Å². The van der Waals surface area contributed by atoms with Crippen molar-refractivity contribution >= 4 is 0 Å². The molecular weight excluding hydrogens is 248 g/mol. The van der Waals surface area contributed by atoms with Crippen molar-refractivity contribution in [2.45, 2.75) is 44.3 Å². The van der Waals surface area contributed by atoms with Crippen molar-refractivity contribution in [1.29, 1.82) is 5.26 Å². The van der Waals surface area contributed by atoms with Crippen molar-refractivity contribution in [2.75, 3.05) is 13.1 Å². The number of rotatable bonds is 1. The summed E-state index contributed by atoms with van der Waals surface area (Å²) in [5.74, 6) is 0.745. The number of nitriles is 1. The summed E-state index contributed by atoms with van der Waals surface area (Å²) >= 11 is 0. The summed E-state index contributed by atoms with van der Waals surface area (Å²) < 4.78 is 6.50. The zero-order valence-corrected chi connectivity index (χ0v) is 12.1. The molecule has 1 heterocycles. The molecule has 0 amide bonds. The number of hydrogen-bond donors (Lipinski definition) is 1. The molecule has 106 valence electrons. The van der Waals surface area contributed by atoms with Crippen LogP contribution in [0.5, 0.6) is 0 Å². The van der Waals surface area contributed by atoms with E-state index in [1.807, 2.05) is 18.2 Å². The number of nitrogens with zero attached hydrogens (tertiary/aromatic N) is 1. The predicted octanol–water partition coefficient (Wildman–Crippen LogP) is 3.17. The van der Waals surface area contributed by atoms with Gasteiger partial charge in [0, 0.05) is 13.1 Å². The average Bonchev–Trinajstić information content (AvgIpc) is 2.47. The van der Waals surface area contributed by atoms with Gasteiger partial charge in [0.25, 0.3) is 0 Å². The molecule has 3 unspecified atom stereocenters. The Morgan fingerprint density at radius 3 is 3.15 bits per heavy atom. The molecule has 1 saturated carbocycles. The quantitative estimate of drug-likeness (QED) is 0.852. The molecule has 1 aromatic carbocycles. The Morgan fingerprint density at radius 2 is 2.35 bits per heavy atom. The summed E-state index contributed by atoms with van der Waals surface area (Å²) in [4.78, 5) is 0. The molecule has 1 saturated heterocycles. The molecule has 1 aromatic rings.